The fourth-order valence-electron chi connectivity index (χ4n) is 2.40. The second kappa shape index (κ2) is 7.05. The molecule has 1 aromatic heterocycles. The van der Waals surface area contributed by atoms with Gasteiger partial charge < -0.3 is 5.32 Å². The Hall–Kier alpha value is -1.69. The predicted molar refractivity (Wildman–Crippen MR) is 96.6 cm³/mol. The van der Waals surface area contributed by atoms with Crippen LogP contribution in [-0.4, -0.2) is 15.7 Å². The Morgan fingerprint density at radius 2 is 2.00 bits per heavy atom. The van der Waals surface area contributed by atoms with E-state index in [0.717, 1.165) is 10.2 Å². The van der Waals surface area contributed by atoms with E-state index in [1.54, 1.807) is 12.1 Å². The molecule has 6 heteroatoms. The van der Waals surface area contributed by atoms with Gasteiger partial charge in [0.2, 0.25) is 0 Å². The van der Waals surface area contributed by atoms with Gasteiger partial charge in [0.1, 0.15) is 11.5 Å². The first-order valence-corrected chi connectivity index (χ1v) is 8.71. The minimum Gasteiger partial charge on any atom is -0.346 e. The lowest BCUT2D eigenvalue weighted by Gasteiger charge is -2.23. The van der Waals surface area contributed by atoms with Crippen molar-refractivity contribution in [3.8, 4) is 0 Å². The summed E-state index contributed by atoms with van der Waals surface area (Å²) >= 11 is 3.30. The lowest BCUT2D eigenvalue weighted by molar-refractivity contribution is 0.0944. The normalized spacial score (nSPS) is 11.8. The number of hydrogen-bond donors (Lipinski definition) is 1. The van der Waals surface area contributed by atoms with E-state index in [9.17, 15) is 9.18 Å². The summed E-state index contributed by atoms with van der Waals surface area (Å²) in [6.45, 7) is 10.4. The molecular formula is C18H23BrFN3O. The molecule has 0 atom stereocenters. The fourth-order valence-corrected chi connectivity index (χ4v) is 2.81. The molecule has 0 radical (unpaired) electrons. The number of halogens is 2. The summed E-state index contributed by atoms with van der Waals surface area (Å²) < 4.78 is 16.4. The highest BCUT2D eigenvalue weighted by molar-refractivity contribution is 9.10. The summed E-state index contributed by atoms with van der Waals surface area (Å²) in [7, 11) is 0. The van der Waals surface area contributed by atoms with Gasteiger partial charge >= 0.3 is 0 Å². The van der Waals surface area contributed by atoms with Crippen LogP contribution in [0.3, 0.4) is 0 Å². The Labute approximate surface area is 150 Å². The molecule has 24 heavy (non-hydrogen) atoms. The minimum atomic E-state index is -0.346. The maximum absolute atomic E-state index is 13.8. The van der Waals surface area contributed by atoms with Gasteiger partial charge in [0.25, 0.3) is 5.91 Å². The van der Waals surface area contributed by atoms with Gasteiger partial charge in [0.15, 0.2) is 0 Å². The van der Waals surface area contributed by atoms with E-state index in [1.165, 1.54) is 6.07 Å². The zero-order chi connectivity index (χ0) is 18.1. The summed E-state index contributed by atoms with van der Waals surface area (Å²) in [4.78, 5) is 12.4. The van der Waals surface area contributed by atoms with Crippen molar-refractivity contribution >= 4 is 21.8 Å². The molecule has 1 heterocycles. The third-order valence-corrected chi connectivity index (χ3v) is 4.14. The number of carbonyl (C=O) groups excluding carboxylic acids is 1. The van der Waals surface area contributed by atoms with E-state index in [2.05, 4.69) is 40.2 Å². The molecule has 0 aliphatic carbocycles. The Morgan fingerprint density at radius 3 is 2.54 bits per heavy atom. The highest BCUT2D eigenvalue weighted by atomic mass is 79.9. The maximum Gasteiger partial charge on any atom is 0.272 e. The van der Waals surface area contributed by atoms with Crippen LogP contribution in [0.2, 0.25) is 0 Å². The molecule has 4 nitrogen and oxygen atoms in total. The van der Waals surface area contributed by atoms with E-state index in [0.29, 0.717) is 11.3 Å². The van der Waals surface area contributed by atoms with Gasteiger partial charge in [-0.25, -0.2) is 4.39 Å². The van der Waals surface area contributed by atoms with Gasteiger partial charge in [-0.3, -0.25) is 9.48 Å². The minimum absolute atomic E-state index is 0.115. The third kappa shape index (κ3) is 4.23. The molecule has 0 bridgehead atoms. The SMILES string of the molecule is CC(C)c1cc(C(=O)NCc2cc(Br)ccc2F)nn1C(C)(C)C. The molecule has 0 aliphatic heterocycles. The summed E-state index contributed by atoms with van der Waals surface area (Å²) in [6.07, 6.45) is 0. The van der Waals surface area contributed by atoms with Gasteiger partial charge in [-0.2, -0.15) is 5.10 Å². The molecule has 1 N–H and O–H groups in total. The first-order valence-electron chi connectivity index (χ1n) is 7.92. The number of carbonyl (C=O) groups is 1. The average molecular weight is 396 g/mol. The third-order valence-electron chi connectivity index (χ3n) is 3.64. The van der Waals surface area contributed by atoms with E-state index < -0.39 is 0 Å². The van der Waals surface area contributed by atoms with Gasteiger partial charge in [-0.1, -0.05) is 29.8 Å². The van der Waals surface area contributed by atoms with Crippen molar-refractivity contribution in [2.75, 3.05) is 0 Å². The van der Waals surface area contributed by atoms with Gasteiger partial charge in [0, 0.05) is 22.3 Å². The van der Waals surface area contributed by atoms with Crippen LogP contribution in [-0.2, 0) is 12.1 Å². The van der Waals surface area contributed by atoms with Crippen LogP contribution in [0.5, 0.6) is 0 Å². The molecule has 0 aliphatic rings. The number of nitrogens with one attached hydrogen (secondary N) is 1. The lowest BCUT2D eigenvalue weighted by atomic mass is 10.1. The van der Waals surface area contributed by atoms with Crippen LogP contribution in [0, 0.1) is 5.82 Å². The maximum atomic E-state index is 13.8. The van der Waals surface area contributed by atoms with Crippen molar-refractivity contribution in [3.05, 3.63) is 51.5 Å². The van der Waals surface area contributed by atoms with Crippen molar-refractivity contribution in [3.63, 3.8) is 0 Å². The highest BCUT2D eigenvalue weighted by Gasteiger charge is 2.23. The molecule has 0 spiro atoms. The number of amides is 1. The largest absolute Gasteiger partial charge is 0.346 e. The summed E-state index contributed by atoms with van der Waals surface area (Å²) in [6, 6.07) is 6.46. The van der Waals surface area contributed by atoms with Crippen molar-refractivity contribution < 1.29 is 9.18 Å². The Bertz CT molecular complexity index is 747. The highest BCUT2D eigenvalue weighted by Crippen LogP contribution is 2.23. The standard InChI is InChI=1S/C18H23BrFN3O/c1-11(2)16-9-15(22-23(16)18(3,4)5)17(24)21-10-12-8-13(19)6-7-14(12)20/h6-9,11H,10H2,1-5H3,(H,21,24). The number of nitrogens with zero attached hydrogens (tertiary/aromatic N) is 2. The van der Waals surface area contributed by atoms with Crippen molar-refractivity contribution in [2.24, 2.45) is 0 Å². The molecule has 1 aromatic carbocycles. The molecule has 0 unspecified atom stereocenters. The van der Waals surface area contributed by atoms with Crippen LogP contribution in [0.1, 0.15) is 62.3 Å². The molecular weight excluding hydrogens is 373 g/mol. The second-order valence-corrected chi connectivity index (χ2v) is 8.03. The van der Waals surface area contributed by atoms with Crippen molar-refractivity contribution in [1.82, 2.24) is 15.1 Å². The predicted octanol–water partition coefficient (Wildman–Crippen LogP) is 4.59. The molecule has 1 amide bonds. The number of benzene rings is 1. The molecule has 0 fully saturated rings. The quantitative estimate of drug-likeness (QED) is 0.822. The van der Waals surface area contributed by atoms with Crippen LogP contribution in [0.25, 0.3) is 0 Å². The zero-order valence-electron chi connectivity index (χ0n) is 14.7. The Kier molecular flexibility index (Phi) is 5.48. The lowest BCUT2D eigenvalue weighted by Crippen LogP contribution is -2.27. The van der Waals surface area contributed by atoms with E-state index in [4.69, 9.17) is 0 Å². The van der Waals surface area contributed by atoms with Crippen LogP contribution in [0.4, 0.5) is 4.39 Å². The molecule has 130 valence electrons. The Morgan fingerprint density at radius 1 is 1.33 bits per heavy atom. The summed E-state index contributed by atoms with van der Waals surface area (Å²) in [5.74, 6) is -0.401. The molecule has 2 aromatic rings. The van der Waals surface area contributed by atoms with E-state index in [1.807, 2.05) is 31.5 Å². The smallest absolute Gasteiger partial charge is 0.272 e. The average Bonchev–Trinajstić information content (AvgIpc) is 2.93. The van der Waals surface area contributed by atoms with Crippen molar-refractivity contribution in [2.45, 2.75) is 52.6 Å². The van der Waals surface area contributed by atoms with Crippen LogP contribution < -0.4 is 5.32 Å². The van der Waals surface area contributed by atoms with E-state index >= 15 is 0 Å². The second-order valence-electron chi connectivity index (χ2n) is 7.11. The summed E-state index contributed by atoms with van der Waals surface area (Å²) in [5, 5.41) is 7.20. The molecule has 2 rings (SSSR count). The number of rotatable bonds is 4. The summed E-state index contributed by atoms with van der Waals surface area (Å²) in [5.41, 5.74) is 1.57. The van der Waals surface area contributed by atoms with Crippen molar-refractivity contribution in [1.29, 1.82) is 0 Å². The van der Waals surface area contributed by atoms with Gasteiger partial charge in [-0.05, 0) is 51.0 Å². The fraction of sp³-hybridized carbons (Fsp3) is 0.444. The van der Waals surface area contributed by atoms with Crippen LogP contribution >= 0.6 is 15.9 Å². The van der Waals surface area contributed by atoms with E-state index in [-0.39, 0.29) is 29.7 Å². The number of hydrogen-bond acceptors (Lipinski definition) is 2. The number of aromatic nitrogens is 2. The van der Waals surface area contributed by atoms with Crippen LogP contribution in [0.15, 0.2) is 28.7 Å². The Balaban J connectivity index is 2.20. The van der Waals surface area contributed by atoms with Gasteiger partial charge in [-0.15, -0.1) is 0 Å². The first kappa shape index (κ1) is 18.6. The zero-order valence-corrected chi connectivity index (χ0v) is 16.2. The molecule has 0 saturated heterocycles. The first-order chi connectivity index (χ1) is 11.1. The molecule has 0 saturated carbocycles. The topological polar surface area (TPSA) is 46.9 Å². The monoisotopic (exact) mass is 395 g/mol. The van der Waals surface area contributed by atoms with Gasteiger partial charge in [0.05, 0.1) is 5.54 Å².